The number of amides is 2. The van der Waals surface area contributed by atoms with E-state index in [4.69, 9.17) is 30.8 Å². The molecule has 2 amide bonds. The van der Waals surface area contributed by atoms with Crippen LogP contribution in [0.1, 0.15) is 52.5 Å². The number of hydrogen-bond acceptors (Lipinski definition) is 8. The van der Waals surface area contributed by atoms with Crippen LogP contribution in [0.5, 0.6) is 5.88 Å². The summed E-state index contributed by atoms with van der Waals surface area (Å²) in [6, 6.07) is 7.78. The predicted octanol–water partition coefficient (Wildman–Crippen LogP) is 5.81. The number of aliphatic imine (C=N–C) groups is 1. The molecule has 0 radical (unpaired) electrons. The lowest BCUT2D eigenvalue weighted by molar-refractivity contribution is -0.118. The molecule has 3 fully saturated rings. The molecule has 1 aromatic heterocycles. The average Bonchev–Trinajstić information content (AvgIpc) is 3.33. The molecule has 10 nitrogen and oxygen atoms in total. The fraction of sp³-hybridized carbons (Fsp3) is 0.457. The van der Waals surface area contributed by atoms with Crippen molar-refractivity contribution in [1.29, 1.82) is 0 Å². The number of nitrogens with zero attached hydrogens (tertiary/aromatic N) is 4. The molecule has 12 heteroatoms. The zero-order chi connectivity index (χ0) is 33.3. The summed E-state index contributed by atoms with van der Waals surface area (Å²) in [5.41, 5.74) is 4.60. The van der Waals surface area contributed by atoms with Crippen LogP contribution in [0.15, 0.2) is 70.9 Å². The summed E-state index contributed by atoms with van der Waals surface area (Å²) in [6.07, 6.45) is 6.59. The zero-order valence-corrected chi connectivity index (χ0v) is 27.8. The van der Waals surface area contributed by atoms with Crippen molar-refractivity contribution < 1.29 is 28.2 Å². The number of aromatic nitrogens is 1. The lowest BCUT2D eigenvalue weighted by atomic mass is 9.61. The van der Waals surface area contributed by atoms with Crippen LogP contribution in [0.4, 0.5) is 14.9 Å². The third kappa shape index (κ3) is 7.31. The van der Waals surface area contributed by atoms with E-state index >= 15 is 0 Å². The van der Waals surface area contributed by atoms with Gasteiger partial charge in [-0.05, 0) is 77.3 Å². The Morgan fingerprint density at radius 1 is 1.19 bits per heavy atom. The van der Waals surface area contributed by atoms with Gasteiger partial charge in [0.1, 0.15) is 17.5 Å². The molecule has 2 saturated heterocycles. The molecule has 3 aliphatic heterocycles. The summed E-state index contributed by atoms with van der Waals surface area (Å²) in [7, 11) is 0. The van der Waals surface area contributed by atoms with Crippen LogP contribution < -0.4 is 15.0 Å². The number of halogens is 2. The van der Waals surface area contributed by atoms with Gasteiger partial charge in [-0.2, -0.15) is 0 Å². The van der Waals surface area contributed by atoms with Crippen LogP contribution >= 0.6 is 11.6 Å². The highest BCUT2D eigenvalue weighted by Crippen LogP contribution is 2.52. The van der Waals surface area contributed by atoms with Crippen molar-refractivity contribution >= 4 is 35.0 Å². The number of ether oxygens (including phenoxy) is 3. The highest BCUT2D eigenvalue weighted by atomic mass is 35.5. The van der Waals surface area contributed by atoms with Crippen LogP contribution in [0.25, 0.3) is 0 Å². The van der Waals surface area contributed by atoms with Gasteiger partial charge in [0, 0.05) is 56.0 Å². The number of hydrogen-bond donors (Lipinski definition) is 1. The van der Waals surface area contributed by atoms with E-state index < -0.39 is 17.6 Å². The molecule has 248 valence electrons. The third-order valence-electron chi connectivity index (χ3n) is 8.54. The molecule has 1 atom stereocenters. The minimum absolute atomic E-state index is 0.0706. The summed E-state index contributed by atoms with van der Waals surface area (Å²) < 4.78 is 31.2. The molecule has 1 aromatic carbocycles. The van der Waals surface area contributed by atoms with Crippen molar-refractivity contribution in [3.63, 3.8) is 0 Å². The van der Waals surface area contributed by atoms with E-state index in [0.717, 1.165) is 31.6 Å². The Kier molecular flexibility index (Phi) is 9.05. The molecule has 1 saturated carbocycles. The monoisotopic (exact) mass is 663 g/mol. The maximum Gasteiger partial charge on any atom is 0.410 e. The molecule has 1 spiro atoms. The molecule has 2 aromatic rings. The van der Waals surface area contributed by atoms with Gasteiger partial charge in [-0.25, -0.2) is 19.2 Å². The summed E-state index contributed by atoms with van der Waals surface area (Å²) in [4.78, 5) is 39.4. The second-order valence-corrected chi connectivity index (χ2v) is 13.8. The minimum atomic E-state index is -0.612. The lowest BCUT2D eigenvalue weighted by Gasteiger charge is -2.59. The van der Waals surface area contributed by atoms with E-state index in [-0.39, 0.29) is 29.1 Å². The molecule has 6 rings (SSSR count). The first-order valence-electron chi connectivity index (χ1n) is 15.9. The van der Waals surface area contributed by atoms with Gasteiger partial charge in [-0.15, -0.1) is 5.73 Å². The second kappa shape index (κ2) is 13.0. The van der Waals surface area contributed by atoms with Gasteiger partial charge in [-0.3, -0.25) is 4.79 Å². The predicted molar refractivity (Wildman–Crippen MR) is 176 cm³/mol. The van der Waals surface area contributed by atoms with Gasteiger partial charge in [0.05, 0.1) is 28.6 Å². The highest BCUT2D eigenvalue weighted by molar-refractivity contribution is 6.33. The summed E-state index contributed by atoms with van der Waals surface area (Å²) >= 11 is 6.29. The van der Waals surface area contributed by atoms with Gasteiger partial charge in [-0.1, -0.05) is 11.6 Å². The van der Waals surface area contributed by atoms with Crippen LogP contribution in [-0.4, -0.2) is 78.1 Å². The number of rotatable bonds is 8. The van der Waals surface area contributed by atoms with Crippen molar-refractivity contribution in [1.82, 2.24) is 15.2 Å². The minimum Gasteiger partial charge on any atom is -0.487 e. The molecular weight excluding hydrogens is 625 g/mol. The average molecular weight is 664 g/mol. The Labute approximate surface area is 278 Å². The molecule has 47 heavy (non-hydrogen) atoms. The van der Waals surface area contributed by atoms with Crippen LogP contribution in [-0.2, 0) is 14.3 Å². The first-order chi connectivity index (χ1) is 22.4. The van der Waals surface area contributed by atoms with Gasteiger partial charge >= 0.3 is 6.09 Å². The summed E-state index contributed by atoms with van der Waals surface area (Å²) in [6.45, 7) is 10.1. The first-order valence-corrected chi connectivity index (χ1v) is 16.3. The second-order valence-electron chi connectivity index (χ2n) is 13.4. The quantitative estimate of drug-likeness (QED) is 0.356. The Morgan fingerprint density at radius 3 is 2.70 bits per heavy atom. The number of likely N-dealkylation sites (tertiary alicyclic amines) is 1. The highest BCUT2D eigenvalue weighted by Gasteiger charge is 2.54. The van der Waals surface area contributed by atoms with E-state index in [1.165, 1.54) is 12.1 Å². The molecule has 4 heterocycles. The maximum atomic E-state index is 13.9. The zero-order valence-electron chi connectivity index (χ0n) is 27.0. The topological polar surface area (TPSA) is 106 Å². The normalized spacial score (nSPS) is 20.4. The fourth-order valence-corrected chi connectivity index (χ4v) is 6.71. The van der Waals surface area contributed by atoms with Crippen molar-refractivity contribution in [3.05, 3.63) is 82.3 Å². The van der Waals surface area contributed by atoms with Crippen LogP contribution in [0, 0.1) is 11.2 Å². The van der Waals surface area contributed by atoms with Gasteiger partial charge in [0.25, 0.3) is 5.91 Å². The standard InChI is InChI=1S/C35H39ClFN5O5/c1-5-45-32-25(8-7-14-38-32)27-9-6-10-29(30(40-27)31(43)39-23-13-15-41(19-23)33(44)47-34(2,3)4)46-24-17-35(18-24)20-42(21-35)28-12-11-22(37)16-26(28)36/h7-12,14,16,23-24H,5,13,15,17-21H2,1-4H3,(H,39,43). The molecule has 1 N–H and O–H groups in total. The fourth-order valence-electron chi connectivity index (χ4n) is 6.42. The summed E-state index contributed by atoms with van der Waals surface area (Å²) in [5.74, 6) is -0.0633. The Bertz CT molecular complexity index is 1680. The van der Waals surface area contributed by atoms with Crippen molar-refractivity contribution in [2.24, 2.45) is 10.4 Å². The van der Waals surface area contributed by atoms with Gasteiger partial charge in [0.15, 0.2) is 11.5 Å². The van der Waals surface area contributed by atoms with E-state index in [9.17, 15) is 14.0 Å². The van der Waals surface area contributed by atoms with Gasteiger partial charge < -0.3 is 29.3 Å². The van der Waals surface area contributed by atoms with Crippen LogP contribution in [0.3, 0.4) is 0 Å². The number of carbonyl (C=O) groups excluding carboxylic acids is 2. The Morgan fingerprint density at radius 2 is 1.98 bits per heavy atom. The number of carbonyl (C=O) groups is 2. The molecule has 1 aliphatic carbocycles. The Balaban J connectivity index is 1.19. The number of allylic oxidation sites excluding steroid dienone is 1. The van der Waals surface area contributed by atoms with Crippen molar-refractivity contribution in [2.75, 3.05) is 37.7 Å². The SMILES string of the molecule is CCOc1ncccc1C1=NC(C(=O)NC2CCN(C(=O)OC(C)(C)C)C2)=C(OC2CC3(C2)CN(c2ccc(F)cc2Cl)C3)C=C=C1. The van der Waals surface area contributed by atoms with Crippen LogP contribution in [0.2, 0.25) is 5.02 Å². The Hall–Kier alpha value is -4.34. The molecule has 4 aliphatic rings. The maximum absolute atomic E-state index is 13.9. The van der Waals surface area contributed by atoms with Gasteiger partial charge in [0.2, 0.25) is 5.88 Å². The van der Waals surface area contributed by atoms with E-state index in [2.05, 4.69) is 20.9 Å². The van der Waals surface area contributed by atoms with E-state index in [0.29, 0.717) is 54.1 Å². The lowest BCUT2D eigenvalue weighted by Crippen LogP contribution is -2.64. The van der Waals surface area contributed by atoms with Crippen molar-refractivity contribution in [2.45, 2.75) is 64.7 Å². The largest absolute Gasteiger partial charge is 0.487 e. The third-order valence-corrected chi connectivity index (χ3v) is 8.84. The molecule has 1 unspecified atom stereocenters. The molecular formula is C35H39ClFN5O5. The van der Waals surface area contributed by atoms with Crippen molar-refractivity contribution in [3.8, 4) is 5.88 Å². The number of anilines is 1. The number of nitrogens with one attached hydrogen (secondary N) is 1. The van der Waals surface area contributed by atoms with E-state index in [1.54, 1.807) is 35.4 Å². The molecule has 0 bridgehead atoms. The summed E-state index contributed by atoms with van der Waals surface area (Å²) in [5, 5.41) is 3.46. The smallest absolute Gasteiger partial charge is 0.410 e. The number of benzene rings is 1. The number of pyridine rings is 1. The van der Waals surface area contributed by atoms with E-state index in [1.807, 2.05) is 33.8 Å². The first kappa shape index (κ1) is 32.6.